The van der Waals surface area contributed by atoms with Crippen molar-refractivity contribution in [2.45, 2.75) is 45.6 Å². The van der Waals surface area contributed by atoms with Gasteiger partial charge in [-0.25, -0.2) is 9.97 Å². The highest BCUT2D eigenvalue weighted by molar-refractivity contribution is 7.18. The molecule has 1 unspecified atom stereocenters. The highest BCUT2D eigenvalue weighted by atomic mass is 32.1. The van der Waals surface area contributed by atoms with Crippen LogP contribution in [-0.4, -0.2) is 31.6 Å². The molecule has 0 aromatic carbocycles. The van der Waals surface area contributed by atoms with Crippen LogP contribution >= 0.6 is 22.7 Å². The first-order valence-electron chi connectivity index (χ1n) is 9.74. The Morgan fingerprint density at radius 1 is 1.19 bits per heavy atom. The highest BCUT2D eigenvalue weighted by Gasteiger charge is 2.24. The van der Waals surface area contributed by atoms with Crippen LogP contribution < -0.4 is 5.32 Å². The van der Waals surface area contributed by atoms with Crippen molar-refractivity contribution in [3.63, 3.8) is 0 Å². The maximum Gasteiger partial charge on any atom is 0.230 e. The van der Waals surface area contributed by atoms with E-state index >= 15 is 0 Å². The standard InChI is InChI=1S/C21H20N6O2S2/c1-4-21(3,11-22)25-16(28)9-17-26-27-18(29-17)10-19-23-14-7-6-13(24-20(14)31-19)15-8-5-12(2)30-15/h5-8H,4,9-10H2,1-3H3,(H,25,28). The van der Waals surface area contributed by atoms with Gasteiger partial charge in [0.2, 0.25) is 17.7 Å². The zero-order chi connectivity index (χ0) is 22.0. The van der Waals surface area contributed by atoms with Crippen molar-refractivity contribution in [2.24, 2.45) is 0 Å². The van der Waals surface area contributed by atoms with Crippen LogP contribution in [0.4, 0.5) is 0 Å². The van der Waals surface area contributed by atoms with Crippen LogP contribution in [0.2, 0.25) is 0 Å². The number of carbonyl (C=O) groups is 1. The van der Waals surface area contributed by atoms with Gasteiger partial charge in [-0.15, -0.1) is 21.5 Å². The lowest BCUT2D eigenvalue weighted by Crippen LogP contribution is -2.44. The lowest BCUT2D eigenvalue weighted by Gasteiger charge is -2.20. The van der Waals surface area contributed by atoms with E-state index in [1.807, 2.05) is 19.1 Å². The van der Waals surface area contributed by atoms with Crippen LogP contribution in [0.1, 0.15) is 41.9 Å². The largest absolute Gasteiger partial charge is 0.424 e. The van der Waals surface area contributed by atoms with E-state index in [2.05, 4.69) is 45.6 Å². The molecule has 4 rings (SSSR count). The van der Waals surface area contributed by atoms with Crippen LogP contribution in [0.25, 0.3) is 20.9 Å². The summed E-state index contributed by atoms with van der Waals surface area (Å²) in [5.41, 5.74) is 0.851. The number of nitriles is 1. The second kappa shape index (κ2) is 8.53. The van der Waals surface area contributed by atoms with Gasteiger partial charge in [0.15, 0.2) is 0 Å². The average molecular weight is 453 g/mol. The van der Waals surface area contributed by atoms with Crippen molar-refractivity contribution in [1.29, 1.82) is 5.26 Å². The molecule has 0 aliphatic carbocycles. The van der Waals surface area contributed by atoms with Gasteiger partial charge in [-0.05, 0) is 44.5 Å². The van der Waals surface area contributed by atoms with Crippen LogP contribution in [0.3, 0.4) is 0 Å². The topological polar surface area (TPSA) is 118 Å². The number of nitrogens with one attached hydrogen (secondary N) is 1. The quantitative estimate of drug-likeness (QED) is 0.449. The van der Waals surface area contributed by atoms with Crippen molar-refractivity contribution in [3.05, 3.63) is 45.9 Å². The normalized spacial score (nSPS) is 13.1. The molecule has 0 fully saturated rings. The summed E-state index contributed by atoms with van der Waals surface area (Å²) in [7, 11) is 0. The predicted molar refractivity (Wildman–Crippen MR) is 119 cm³/mol. The lowest BCUT2D eigenvalue weighted by molar-refractivity contribution is -0.122. The van der Waals surface area contributed by atoms with Crippen molar-refractivity contribution in [1.82, 2.24) is 25.5 Å². The van der Waals surface area contributed by atoms with Gasteiger partial charge in [0, 0.05) is 4.88 Å². The third-order valence-corrected chi connectivity index (χ3v) is 6.77. The van der Waals surface area contributed by atoms with Crippen molar-refractivity contribution < 1.29 is 9.21 Å². The molecule has 1 atom stereocenters. The zero-order valence-corrected chi connectivity index (χ0v) is 18.9. The SMILES string of the molecule is CCC(C)(C#N)NC(=O)Cc1nnc(Cc2nc3ccc(-c4ccc(C)s4)nc3s2)o1. The minimum Gasteiger partial charge on any atom is -0.424 e. The Morgan fingerprint density at radius 2 is 2.00 bits per heavy atom. The van der Waals surface area contributed by atoms with Gasteiger partial charge >= 0.3 is 0 Å². The minimum absolute atomic E-state index is 0.0741. The summed E-state index contributed by atoms with van der Waals surface area (Å²) < 4.78 is 5.61. The van der Waals surface area contributed by atoms with Gasteiger partial charge in [-0.2, -0.15) is 5.26 Å². The maximum absolute atomic E-state index is 12.2. The molecule has 0 radical (unpaired) electrons. The number of carbonyl (C=O) groups excluding carboxylic acids is 1. The molecule has 31 heavy (non-hydrogen) atoms. The number of aromatic nitrogens is 4. The average Bonchev–Trinajstić information content (AvgIpc) is 3.47. The van der Waals surface area contributed by atoms with Crippen LogP contribution in [0.15, 0.2) is 28.7 Å². The molecule has 1 N–H and O–H groups in total. The summed E-state index contributed by atoms with van der Waals surface area (Å²) in [6, 6.07) is 10.2. The molecular weight excluding hydrogens is 432 g/mol. The highest BCUT2D eigenvalue weighted by Crippen LogP contribution is 2.30. The molecule has 0 spiro atoms. The Kier molecular flexibility index (Phi) is 5.80. The van der Waals surface area contributed by atoms with Gasteiger partial charge in [0.25, 0.3) is 0 Å². The van der Waals surface area contributed by atoms with E-state index in [0.717, 1.165) is 25.9 Å². The molecule has 8 nitrogen and oxygen atoms in total. The van der Waals surface area contributed by atoms with Crippen molar-refractivity contribution in [3.8, 4) is 16.6 Å². The molecule has 0 saturated carbocycles. The molecule has 0 saturated heterocycles. The number of thiazole rings is 1. The van der Waals surface area contributed by atoms with Gasteiger partial charge in [0.1, 0.15) is 27.3 Å². The number of hydrogen-bond acceptors (Lipinski definition) is 9. The van der Waals surface area contributed by atoms with E-state index in [1.54, 1.807) is 18.3 Å². The van der Waals surface area contributed by atoms with Gasteiger partial charge in [-0.3, -0.25) is 4.79 Å². The number of rotatable bonds is 7. The summed E-state index contributed by atoms with van der Waals surface area (Å²) in [5, 5.41) is 20.7. The van der Waals surface area contributed by atoms with Gasteiger partial charge in [-0.1, -0.05) is 18.3 Å². The summed E-state index contributed by atoms with van der Waals surface area (Å²) in [5.74, 6) is 0.259. The monoisotopic (exact) mass is 452 g/mol. The molecule has 1 amide bonds. The summed E-state index contributed by atoms with van der Waals surface area (Å²) in [4.78, 5) is 24.7. The lowest BCUT2D eigenvalue weighted by atomic mass is 10.0. The molecule has 4 aromatic rings. The molecule has 4 aromatic heterocycles. The predicted octanol–water partition coefficient (Wildman–Crippen LogP) is 4.05. The van der Waals surface area contributed by atoms with E-state index in [4.69, 9.17) is 9.40 Å². The first-order valence-corrected chi connectivity index (χ1v) is 11.4. The Hall–Kier alpha value is -3.16. The number of pyridine rings is 1. The smallest absolute Gasteiger partial charge is 0.230 e. The van der Waals surface area contributed by atoms with E-state index in [0.29, 0.717) is 18.7 Å². The third-order valence-electron chi connectivity index (χ3n) is 4.78. The Morgan fingerprint density at radius 3 is 2.71 bits per heavy atom. The number of fused-ring (bicyclic) bond motifs is 1. The second-order valence-corrected chi connectivity index (χ2v) is 9.68. The van der Waals surface area contributed by atoms with Crippen LogP contribution in [0.5, 0.6) is 0 Å². The summed E-state index contributed by atoms with van der Waals surface area (Å²) >= 11 is 3.19. The molecule has 0 aliphatic heterocycles. The molecule has 10 heteroatoms. The fourth-order valence-corrected chi connectivity index (χ4v) is 4.65. The first-order chi connectivity index (χ1) is 14.9. The van der Waals surface area contributed by atoms with Gasteiger partial charge in [0.05, 0.1) is 23.1 Å². The van der Waals surface area contributed by atoms with Crippen LogP contribution in [-0.2, 0) is 17.6 Å². The summed E-state index contributed by atoms with van der Waals surface area (Å²) in [6.45, 7) is 5.59. The summed E-state index contributed by atoms with van der Waals surface area (Å²) in [6.07, 6.45) is 0.799. The zero-order valence-electron chi connectivity index (χ0n) is 17.3. The minimum atomic E-state index is -0.908. The Bertz CT molecular complexity index is 1280. The van der Waals surface area contributed by atoms with E-state index < -0.39 is 5.54 Å². The number of nitrogens with zero attached hydrogens (tertiary/aromatic N) is 5. The number of amides is 1. The molecule has 158 valence electrons. The molecule has 4 heterocycles. The van der Waals surface area contributed by atoms with E-state index in [1.165, 1.54) is 16.2 Å². The Balaban J connectivity index is 1.44. The fraction of sp³-hybridized carbons (Fsp3) is 0.333. The van der Waals surface area contributed by atoms with Crippen molar-refractivity contribution >= 4 is 38.9 Å². The van der Waals surface area contributed by atoms with Crippen LogP contribution in [0, 0.1) is 18.3 Å². The van der Waals surface area contributed by atoms with Gasteiger partial charge < -0.3 is 9.73 Å². The van der Waals surface area contributed by atoms with Crippen molar-refractivity contribution in [2.75, 3.05) is 0 Å². The fourth-order valence-electron chi connectivity index (χ4n) is 2.89. The number of thiophene rings is 1. The van der Waals surface area contributed by atoms with E-state index in [-0.39, 0.29) is 18.2 Å². The first kappa shape index (κ1) is 21.1. The number of aryl methyl sites for hydroxylation is 1. The number of hydrogen-bond donors (Lipinski definition) is 1. The molecule has 0 bridgehead atoms. The maximum atomic E-state index is 12.2. The molecule has 0 aliphatic rings. The van der Waals surface area contributed by atoms with E-state index in [9.17, 15) is 10.1 Å². The molecular formula is C21H20N6O2S2. The Labute approximate surface area is 187 Å². The third kappa shape index (κ3) is 4.78. The second-order valence-electron chi connectivity index (χ2n) is 7.33.